The van der Waals surface area contributed by atoms with Crippen LogP contribution in [0.2, 0.25) is 0 Å². The molecule has 0 amide bonds. The first-order chi connectivity index (χ1) is 7.22. The predicted molar refractivity (Wildman–Crippen MR) is 56.8 cm³/mol. The summed E-state index contributed by atoms with van der Waals surface area (Å²) in [5.74, 6) is 2.58. The van der Waals surface area contributed by atoms with Crippen molar-refractivity contribution in [1.82, 2.24) is 4.98 Å². The summed E-state index contributed by atoms with van der Waals surface area (Å²) < 4.78 is 12.9. The van der Waals surface area contributed by atoms with E-state index in [-0.39, 0.29) is 6.61 Å². The van der Waals surface area contributed by atoms with Crippen molar-refractivity contribution < 1.29 is 9.50 Å². The molecule has 0 aliphatic heterocycles. The van der Waals surface area contributed by atoms with Gasteiger partial charge in [0.2, 0.25) is 0 Å². The van der Waals surface area contributed by atoms with Gasteiger partial charge in [-0.3, -0.25) is 0 Å². The second kappa shape index (κ2) is 5.32. The molecule has 1 N–H and O–H groups in total. The Morgan fingerprint density at radius 2 is 2.40 bits per heavy atom. The maximum atomic E-state index is 12.9. The largest absolute Gasteiger partial charge is 0.392 e. The van der Waals surface area contributed by atoms with E-state index in [1.54, 1.807) is 4.90 Å². The molecule has 80 valence electrons. The van der Waals surface area contributed by atoms with Gasteiger partial charge >= 0.3 is 0 Å². The molecule has 0 bridgehead atoms. The molecule has 0 radical (unpaired) electrons. The Hall–Kier alpha value is -1.60. The maximum absolute atomic E-state index is 12.9. The van der Waals surface area contributed by atoms with Gasteiger partial charge in [-0.05, 0) is 13.0 Å². The fraction of sp³-hybridized carbons (Fsp3) is 0.364. The smallest absolute Gasteiger partial charge is 0.142 e. The molecular weight excluding hydrogens is 195 g/mol. The third kappa shape index (κ3) is 2.67. The van der Waals surface area contributed by atoms with Crippen LogP contribution in [0.25, 0.3) is 0 Å². The van der Waals surface area contributed by atoms with Crippen molar-refractivity contribution in [2.24, 2.45) is 0 Å². The van der Waals surface area contributed by atoms with Gasteiger partial charge in [0.15, 0.2) is 0 Å². The van der Waals surface area contributed by atoms with Gasteiger partial charge in [-0.1, -0.05) is 5.92 Å². The fourth-order valence-corrected chi connectivity index (χ4v) is 1.32. The summed E-state index contributed by atoms with van der Waals surface area (Å²) in [7, 11) is 0. The lowest BCUT2D eigenvalue weighted by Crippen LogP contribution is -2.25. The summed E-state index contributed by atoms with van der Waals surface area (Å²) in [6, 6.07) is 1.27. The summed E-state index contributed by atoms with van der Waals surface area (Å²) in [4.78, 5) is 5.73. The van der Waals surface area contributed by atoms with Gasteiger partial charge in [0.1, 0.15) is 11.6 Å². The molecule has 0 spiro atoms. The van der Waals surface area contributed by atoms with Crippen molar-refractivity contribution in [2.45, 2.75) is 13.5 Å². The highest BCUT2D eigenvalue weighted by Gasteiger charge is 2.10. The van der Waals surface area contributed by atoms with Crippen molar-refractivity contribution in [2.75, 3.05) is 18.0 Å². The molecule has 3 nitrogen and oxygen atoms in total. The summed E-state index contributed by atoms with van der Waals surface area (Å²) in [6.45, 7) is 2.72. The lowest BCUT2D eigenvalue weighted by Gasteiger charge is -2.21. The van der Waals surface area contributed by atoms with Gasteiger partial charge in [0.05, 0.1) is 19.3 Å². The Labute approximate surface area is 88.6 Å². The van der Waals surface area contributed by atoms with Crippen LogP contribution in [0.3, 0.4) is 0 Å². The topological polar surface area (TPSA) is 36.4 Å². The summed E-state index contributed by atoms with van der Waals surface area (Å²) >= 11 is 0. The van der Waals surface area contributed by atoms with Crippen LogP contribution in [0.1, 0.15) is 12.5 Å². The Bertz CT molecular complexity index is 373. The second-order valence-corrected chi connectivity index (χ2v) is 3.01. The number of aliphatic hydroxyl groups excluding tert-OH is 1. The van der Waals surface area contributed by atoms with Gasteiger partial charge < -0.3 is 10.0 Å². The molecule has 0 aromatic carbocycles. The molecule has 1 aromatic heterocycles. The summed E-state index contributed by atoms with van der Waals surface area (Å²) in [5, 5.41) is 9.07. The Kier molecular flexibility index (Phi) is 4.07. The summed E-state index contributed by atoms with van der Waals surface area (Å²) in [5.41, 5.74) is 0.451. The number of aliphatic hydroxyl groups is 1. The highest BCUT2D eigenvalue weighted by molar-refractivity contribution is 5.47. The van der Waals surface area contributed by atoms with E-state index in [0.29, 0.717) is 24.5 Å². The second-order valence-electron chi connectivity index (χ2n) is 3.01. The molecule has 0 atom stereocenters. The molecule has 0 aliphatic carbocycles. The van der Waals surface area contributed by atoms with Crippen molar-refractivity contribution in [3.05, 3.63) is 23.6 Å². The SMILES string of the molecule is C#CCN(CC)c1ncc(F)cc1CO. The van der Waals surface area contributed by atoms with Crippen LogP contribution < -0.4 is 4.90 Å². The molecule has 0 saturated carbocycles. The zero-order chi connectivity index (χ0) is 11.3. The number of hydrogen-bond acceptors (Lipinski definition) is 3. The van der Waals surface area contributed by atoms with E-state index in [1.165, 1.54) is 6.07 Å². The average molecular weight is 208 g/mol. The average Bonchev–Trinajstić information content (AvgIpc) is 2.26. The van der Waals surface area contributed by atoms with E-state index in [9.17, 15) is 4.39 Å². The molecule has 4 heteroatoms. The minimum Gasteiger partial charge on any atom is -0.392 e. The van der Waals surface area contributed by atoms with E-state index in [4.69, 9.17) is 11.5 Å². The highest BCUT2D eigenvalue weighted by Crippen LogP contribution is 2.17. The number of anilines is 1. The standard InChI is InChI=1S/C11H13FN2O/c1-3-5-14(4-2)11-9(8-15)6-10(12)7-13-11/h1,6-7,15H,4-5,8H2,2H3. The van der Waals surface area contributed by atoms with Crippen molar-refractivity contribution in [3.63, 3.8) is 0 Å². The number of hydrogen-bond donors (Lipinski definition) is 1. The van der Waals surface area contributed by atoms with Gasteiger partial charge in [0, 0.05) is 12.1 Å². The quantitative estimate of drug-likeness (QED) is 0.755. The molecule has 0 unspecified atom stereocenters. The van der Waals surface area contributed by atoms with Gasteiger partial charge in [-0.2, -0.15) is 0 Å². The number of pyridine rings is 1. The Morgan fingerprint density at radius 1 is 1.67 bits per heavy atom. The fourth-order valence-electron chi connectivity index (χ4n) is 1.32. The van der Waals surface area contributed by atoms with Crippen LogP contribution in [0, 0.1) is 18.2 Å². The van der Waals surface area contributed by atoms with Crippen LogP contribution in [0.15, 0.2) is 12.3 Å². The van der Waals surface area contributed by atoms with E-state index in [2.05, 4.69) is 10.9 Å². The number of terminal acetylenes is 1. The molecule has 1 aromatic rings. The number of aromatic nitrogens is 1. The molecule has 0 aliphatic rings. The molecule has 1 rings (SSSR count). The molecular formula is C11H13FN2O. The predicted octanol–water partition coefficient (Wildman–Crippen LogP) is 1.17. The minimum atomic E-state index is -0.459. The first-order valence-electron chi connectivity index (χ1n) is 4.66. The van der Waals surface area contributed by atoms with Gasteiger partial charge in [-0.25, -0.2) is 9.37 Å². The van der Waals surface area contributed by atoms with Crippen LogP contribution in [-0.4, -0.2) is 23.2 Å². The van der Waals surface area contributed by atoms with E-state index in [1.807, 2.05) is 6.92 Å². The number of nitrogens with zero attached hydrogens (tertiary/aromatic N) is 2. The molecule has 0 saturated heterocycles. The normalized spacial score (nSPS) is 9.73. The zero-order valence-electron chi connectivity index (χ0n) is 8.57. The number of halogens is 1. The van der Waals surface area contributed by atoms with Gasteiger partial charge in [-0.15, -0.1) is 6.42 Å². The van der Waals surface area contributed by atoms with Crippen LogP contribution in [0.5, 0.6) is 0 Å². The van der Waals surface area contributed by atoms with Gasteiger partial charge in [0.25, 0.3) is 0 Å². The summed E-state index contributed by atoms with van der Waals surface area (Å²) in [6.07, 6.45) is 6.33. The van der Waals surface area contributed by atoms with Crippen molar-refractivity contribution in [3.8, 4) is 12.3 Å². The monoisotopic (exact) mass is 208 g/mol. The van der Waals surface area contributed by atoms with Crippen LogP contribution in [-0.2, 0) is 6.61 Å². The zero-order valence-corrected chi connectivity index (χ0v) is 8.57. The minimum absolute atomic E-state index is 0.249. The Balaban J connectivity index is 3.06. The van der Waals surface area contributed by atoms with Crippen LogP contribution in [0.4, 0.5) is 10.2 Å². The molecule has 1 heterocycles. The van der Waals surface area contributed by atoms with E-state index < -0.39 is 5.82 Å². The molecule has 15 heavy (non-hydrogen) atoms. The maximum Gasteiger partial charge on any atom is 0.142 e. The van der Waals surface area contributed by atoms with E-state index >= 15 is 0 Å². The van der Waals surface area contributed by atoms with E-state index in [0.717, 1.165) is 6.20 Å². The van der Waals surface area contributed by atoms with Crippen molar-refractivity contribution >= 4 is 5.82 Å². The highest BCUT2D eigenvalue weighted by atomic mass is 19.1. The third-order valence-corrected chi connectivity index (χ3v) is 2.04. The van der Waals surface area contributed by atoms with Crippen molar-refractivity contribution in [1.29, 1.82) is 0 Å². The van der Waals surface area contributed by atoms with Crippen LogP contribution >= 0.6 is 0 Å². The first kappa shape index (κ1) is 11.5. The number of rotatable bonds is 4. The third-order valence-electron chi connectivity index (χ3n) is 2.04. The lowest BCUT2D eigenvalue weighted by atomic mass is 10.2. The Morgan fingerprint density at radius 3 is 2.93 bits per heavy atom. The lowest BCUT2D eigenvalue weighted by molar-refractivity contribution is 0.281. The first-order valence-corrected chi connectivity index (χ1v) is 4.66. The molecule has 0 fully saturated rings.